The Labute approximate surface area is 368 Å². The summed E-state index contributed by atoms with van der Waals surface area (Å²) < 4.78 is 5.07. The maximum atomic E-state index is 2.59. The predicted octanol–water partition coefficient (Wildman–Crippen LogP) is 12.6. The fourth-order valence-electron chi connectivity index (χ4n) is 10.3. The monoisotopic (exact) mass is 818 g/mol. The van der Waals surface area contributed by atoms with Crippen LogP contribution in [0.3, 0.4) is 0 Å². The van der Waals surface area contributed by atoms with Crippen molar-refractivity contribution in [3.8, 4) is 33.6 Å². The average Bonchev–Trinajstić information content (AvgIpc) is 3.89. The molecule has 2 nitrogen and oxygen atoms in total. The zero-order chi connectivity index (χ0) is 41.7. The standard InChI is InChI=1S/C60H42N2Si/c1-6-20-43(21-7-1)44-36-38-46(39-37-44)61-56-34-17-16-30-52(56)55-33-19-35-57(60(55)61)62-58-42-50(40-41-53(58)54-32-18-31-51(59(54)62)45-22-8-2-9-23-45)63(47-24-10-3-11-25-47,48-26-12-4-13-27-48)49-28-14-5-15-29-49/h1-42H. The average molecular weight is 819 g/mol. The highest BCUT2D eigenvalue weighted by Gasteiger charge is 2.41. The highest BCUT2D eigenvalue weighted by atomic mass is 28.3. The fraction of sp³-hybridized carbons (Fsp3) is 0. The van der Waals surface area contributed by atoms with Crippen LogP contribution in [0.15, 0.2) is 255 Å². The van der Waals surface area contributed by atoms with Crippen molar-refractivity contribution in [2.75, 3.05) is 0 Å². The Morgan fingerprint density at radius 3 is 1.37 bits per heavy atom. The first-order valence-electron chi connectivity index (χ1n) is 21.8. The summed E-state index contributed by atoms with van der Waals surface area (Å²) in [6.45, 7) is 0. The molecule has 0 fully saturated rings. The summed E-state index contributed by atoms with van der Waals surface area (Å²) in [5, 5.41) is 10.3. The van der Waals surface area contributed by atoms with Gasteiger partial charge < -0.3 is 9.13 Å². The van der Waals surface area contributed by atoms with Crippen LogP contribution in [-0.4, -0.2) is 17.2 Å². The van der Waals surface area contributed by atoms with Crippen molar-refractivity contribution in [2.24, 2.45) is 0 Å². The second kappa shape index (κ2) is 15.2. The molecule has 0 N–H and O–H groups in total. The minimum Gasteiger partial charge on any atom is -0.307 e. The number of benzene rings is 10. The van der Waals surface area contributed by atoms with E-state index >= 15 is 0 Å². The number of hydrogen-bond acceptors (Lipinski definition) is 0. The predicted molar refractivity (Wildman–Crippen MR) is 270 cm³/mol. The van der Waals surface area contributed by atoms with Gasteiger partial charge in [0, 0.05) is 32.8 Å². The van der Waals surface area contributed by atoms with Gasteiger partial charge >= 0.3 is 0 Å². The van der Waals surface area contributed by atoms with Crippen LogP contribution in [0.2, 0.25) is 0 Å². The van der Waals surface area contributed by atoms with E-state index in [2.05, 4.69) is 264 Å². The van der Waals surface area contributed by atoms with Crippen molar-refractivity contribution < 1.29 is 0 Å². The molecule has 2 aromatic heterocycles. The SMILES string of the molecule is c1ccc(-c2ccc(-n3c4ccccc4c4cccc(-n5c6cc([Si](c7ccccc7)(c7ccccc7)c7ccccc7)ccc6c6cccc(-c7ccccc7)c65)c43)cc2)cc1. The molecule has 10 aromatic carbocycles. The van der Waals surface area contributed by atoms with Gasteiger partial charge in [0.15, 0.2) is 8.07 Å². The largest absolute Gasteiger partial charge is 0.307 e. The second-order valence-corrected chi connectivity index (χ2v) is 20.2. The third-order valence-corrected chi connectivity index (χ3v) is 17.8. The number of rotatable bonds is 8. The zero-order valence-corrected chi connectivity index (χ0v) is 35.6. The summed E-state index contributed by atoms with van der Waals surface area (Å²) in [6.07, 6.45) is 0. The van der Waals surface area contributed by atoms with Crippen LogP contribution in [-0.2, 0) is 0 Å². The summed E-state index contributed by atoms with van der Waals surface area (Å²) in [7, 11) is -2.86. The van der Waals surface area contributed by atoms with E-state index in [1.807, 2.05) is 0 Å². The number of para-hydroxylation sites is 3. The lowest BCUT2D eigenvalue weighted by Gasteiger charge is -2.34. The molecular formula is C60H42N2Si. The van der Waals surface area contributed by atoms with E-state index in [9.17, 15) is 0 Å². The Morgan fingerprint density at radius 2 is 0.746 bits per heavy atom. The van der Waals surface area contributed by atoms with E-state index in [1.54, 1.807) is 0 Å². The van der Waals surface area contributed by atoms with Gasteiger partial charge in [-0.05, 0) is 67.8 Å². The highest BCUT2D eigenvalue weighted by molar-refractivity contribution is 7.20. The molecule has 0 atom stereocenters. The first-order chi connectivity index (χ1) is 31.3. The van der Waals surface area contributed by atoms with Gasteiger partial charge in [0.1, 0.15) is 0 Å². The molecule has 0 spiro atoms. The molecule has 12 aromatic rings. The van der Waals surface area contributed by atoms with Crippen LogP contribution in [0, 0.1) is 0 Å². The molecular weight excluding hydrogens is 777 g/mol. The van der Waals surface area contributed by atoms with Crippen LogP contribution in [0.4, 0.5) is 0 Å². The van der Waals surface area contributed by atoms with Crippen molar-refractivity contribution in [3.05, 3.63) is 255 Å². The van der Waals surface area contributed by atoms with Gasteiger partial charge in [0.2, 0.25) is 0 Å². The quantitative estimate of drug-likeness (QED) is 0.107. The van der Waals surface area contributed by atoms with Gasteiger partial charge in [0.05, 0.1) is 27.8 Å². The summed E-state index contributed by atoms with van der Waals surface area (Å²) in [5.41, 5.74) is 11.8. The normalized spacial score (nSPS) is 11.8. The first-order valence-corrected chi connectivity index (χ1v) is 23.8. The Morgan fingerprint density at radius 1 is 0.270 bits per heavy atom. The van der Waals surface area contributed by atoms with Crippen molar-refractivity contribution >= 4 is 72.4 Å². The summed E-state index contributed by atoms with van der Waals surface area (Å²) in [4.78, 5) is 0. The Kier molecular flexibility index (Phi) is 8.87. The molecule has 0 bridgehead atoms. The van der Waals surface area contributed by atoms with E-state index < -0.39 is 8.07 Å². The number of nitrogens with zero attached hydrogens (tertiary/aromatic N) is 2. The lowest BCUT2D eigenvalue weighted by molar-refractivity contribution is 1.13. The van der Waals surface area contributed by atoms with Crippen molar-refractivity contribution in [1.82, 2.24) is 9.13 Å². The van der Waals surface area contributed by atoms with E-state index in [-0.39, 0.29) is 0 Å². The van der Waals surface area contributed by atoms with Crippen LogP contribution in [0.5, 0.6) is 0 Å². The molecule has 0 aliphatic carbocycles. The Balaban J connectivity index is 1.22. The van der Waals surface area contributed by atoms with Crippen molar-refractivity contribution in [2.45, 2.75) is 0 Å². The smallest absolute Gasteiger partial charge is 0.179 e. The molecule has 0 aliphatic heterocycles. The van der Waals surface area contributed by atoms with Gasteiger partial charge in [-0.15, -0.1) is 0 Å². The van der Waals surface area contributed by atoms with Gasteiger partial charge in [-0.1, -0.05) is 224 Å². The third kappa shape index (κ3) is 5.85. The maximum absolute atomic E-state index is 2.86. The van der Waals surface area contributed by atoms with Crippen LogP contribution >= 0.6 is 0 Å². The molecule has 12 rings (SSSR count). The van der Waals surface area contributed by atoms with Crippen LogP contribution in [0.1, 0.15) is 0 Å². The molecule has 0 saturated carbocycles. The third-order valence-electron chi connectivity index (χ3n) is 13.1. The maximum Gasteiger partial charge on any atom is 0.179 e. The molecule has 0 unspecified atom stereocenters. The lowest BCUT2D eigenvalue weighted by atomic mass is 10.0. The number of fused-ring (bicyclic) bond motifs is 6. The Bertz CT molecular complexity index is 3480. The van der Waals surface area contributed by atoms with E-state index in [1.165, 1.54) is 86.6 Å². The second-order valence-electron chi connectivity index (χ2n) is 16.4. The van der Waals surface area contributed by atoms with Gasteiger partial charge in [0.25, 0.3) is 0 Å². The minimum atomic E-state index is -2.86. The van der Waals surface area contributed by atoms with Crippen LogP contribution < -0.4 is 20.7 Å². The molecule has 0 radical (unpaired) electrons. The molecule has 0 saturated heterocycles. The van der Waals surface area contributed by atoms with E-state index in [4.69, 9.17) is 0 Å². The van der Waals surface area contributed by atoms with Gasteiger partial charge in [-0.3, -0.25) is 0 Å². The first kappa shape index (κ1) is 36.8. The molecule has 63 heavy (non-hydrogen) atoms. The molecule has 0 aliphatic rings. The highest BCUT2D eigenvalue weighted by Crippen LogP contribution is 2.42. The van der Waals surface area contributed by atoms with E-state index in [0.717, 1.165) is 11.4 Å². The number of hydrogen-bond donors (Lipinski definition) is 0. The minimum absolute atomic E-state index is 1.13. The fourth-order valence-corrected chi connectivity index (χ4v) is 15.1. The molecule has 2 heterocycles. The topological polar surface area (TPSA) is 9.86 Å². The van der Waals surface area contributed by atoms with Crippen LogP contribution in [0.25, 0.3) is 77.2 Å². The summed E-state index contributed by atoms with van der Waals surface area (Å²) in [6, 6.07) is 94.3. The summed E-state index contributed by atoms with van der Waals surface area (Å²) in [5.74, 6) is 0. The lowest BCUT2D eigenvalue weighted by Crippen LogP contribution is -2.74. The van der Waals surface area contributed by atoms with Crippen molar-refractivity contribution in [1.29, 1.82) is 0 Å². The number of aromatic nitrogens is 2. The molecule has 3 heteroatoms. The van der Waals surface area contributed by atoms with Gasteiger partial charge in [-0.25, -0.2) is 0 Å². The van der Waals surface area contributed by atoms with E-state index in [0.29, 0.717) is 0 Å². The Hall–Kier alpha value is -7.98. The summed E-state index contributed by atoms with van der Waals surface area (Å²) >= 11 is 0. The molecule has 0 amide bonds. The zero-order valence-electron chi connectivity index (χ0n) is 34.6. The van der Waals surface area contributed by atoms with Gasteiger partial charge in [-0.2, -0.15) is 0 Å². The van der Waals surface area contributed by atoms with Crippen molar-refractivity contribution in [3.63, 3.8) is 0 Å². The molecule has 296 valence electrons.